The van der Waals surface area contributed by atoms with Crippen LogP contribution in [0, 0.1) is 5.82 Å². The summed E-state index contributed by atoms with van der Waals surface area (Å²) in [6.45, 7) is 1.29. The molecule has 8 heteroatoms. The highest BCUT2D eigenvalue weighted by atomic mass is 79.9. The maximum absolute atomic E-state index is 14.1. The van der Waals surface area contributed by atoms with E-state index in [-0.39, 0.29) is 18.2 Å². The van der Waals surface area contributed by atoms with E-state index in [1.54, 1.807) is 41.8 Å². The summed E-state index contributed by atoms with van der Waals surface area (Å²) in [5.74, 6) is -1.37. The largest absolute Gasteiger partial charge is 0.456 e. The van der Waals surface area contributed by atoms with Gasteiger partial charge in [0.15, 0.2) is 5.13 Å². The van der Waals surface area contributed by atoms with Gasteiger partial charge >= 0.3 is 5.97 Å². The minimum atomic E-state index is -0.522. The number of carbonyl (C=O) groups is 2. The van der Waals surface area contributed by atoms with Gasteiger partial charge in [0, 0.05) is 16.8 Å². The van der Waals surface area contributed by atoms with E-state index in [1.165, 1.54) is 35.3 Å². The highest BCUT2D eigenvalue weighted by molar-refractivity contribution is 9.10. The lowest BCUT2D eigenvalue weighted by atomic mass is 10.2. The van der Waals surface area contributed by atoms with Crippen molar-refractivity contribution in [2.45, 2.75) is 13.5 Å². The fourth-order valence-electron chi connectivity index (χ4n) is 2.31. The molecule has 0 saturated heterocycles. The molecule has 2 aromatic carbocycles. The van der Waals surface area contributed by atoms with Crippen LogP contribution < -0.4 is 4.90 Å². The van der Waals surface area contributed by atoms with Crippen molar-refractivity contribution >= 4 is 50.0 Å². The van der Waals surface area contributed by atoms with Crippen LogP contribution in [0.5, 0.6) is 0 Å². The van der Waals surface area contributed by atoms with Gasteiger partial charge < -0.3 is 4.74 Å². The van der Waals surface area contributed by atoms with Crippen molar-refractivity contribution in [2.75, 3.05) is 4.90 Å². The molecule has 0 saturated carbocycles. The first kappa shape index (κ1) is 19.2. The van der Waals surface area contributed by atoms with Gasteiger partial charge in [-0.1, -0.05) is 28.1 Å². The second-order valence-electron chi connectivity index (χ2n) is 5.51. The molecule has 1 amide bonds. The molecule has 0 bridgehead atoms. The number of ether oxygens (including phenoxy) is 1. The van der Waals surface area contributed by atoms with Crippen LogP contribution in [0.2, 0.25) is 0 Å². The van der Waals surface area contributed by atoms with Crippen LogP contribution >= 0.6 is 27.3 Å². The van der Waals surface area contributed by atoms with E-state index >= 15 is 0 Å². The first-order valence-corrected chi connectivity index (χ1v) is 9.55. The van der Waals surface area contributed by atoms with E-state index in [0.717, 1.165) is 4.47 Å². The molecule has 0 N–H and O–H groups in total. The molecule has 0 spiro atoms. The fourth-order valence-corrected chi connectivity index (χ4v) is 3.44. The van der Waals surface area contributed by atoms with Crippen molar-refractivity contribution < 1.29 is 18.7 Å². The zero-order valence-corrected chi connectivity index (χ0v) is 16.6. The maximum Gasteiger partial charge on any atom is 0.338 e. The van der Waals surface area contributed by atoms with Gasteiger partial charge in [-0.15, -0.1) is 11.3 Å². The second-order valence-corrected chi connectivity index (χ2v) is 7.26. The van der Waals surface area contributed by atoms with Crippen LogP contribution in [0.4, 0.5) is 15.2 Å². The molecule has 0 unspecified atom stereocenters. The summed E-state index contributed by atoms with van der Waals surface area (Å²) in [4.78, 5) is 29.6. The number of esters is 1. The molecule has 3 rings (SSSR count). The average Bonchev–Trinajstić information content (AvgIpc) is 3.10. The predicted octanol–water partition coefficient (Wildman–Crippen LogP) is 5.09. The number of aromatic nitrogens is 1. The molecule has 27 heavy (non-hydrogen) atoms. The smallest absolute Gasteiger partial charge is 0.338 e. The summed E-state index contributed by atoms with van der Waals surface area (Å²) in [6.07, 6.45) is 0. The zero-order chi connectivity index (χ0) is 19.4. The van der Waals surface area contributed by atoms with Crippen molar-refractivity contribution in [3.8, 4) is 0 Å². The first-order chi connectivity index (χ1) is 13.0. The molecule has 3 aromatic rings. The third-order valence-electron chi connectivity index (χ3n) is 3.57. The minimum absolute atomic E-state index is 0.0472. The van der Waals surface area contributed by atoms with E-state index in [1.807, 2.05) is 0 Å². The van der Waals surface area contributed by atoms with Crippen LogP contribution in [0.1, 0.15) is 23.0 Å². The fraction of sp³-hybridized carbons (Fsp3) is 0.105. The molecule has 0 fully saturated rings. The van der Waals surface area contributed by atoms with Crippen LogP contribution in [0.25, 0.3) is 0 Å². The molecule has 0 aliphatic rings. The summed E-state index contributed by atoms with van der Waals surface area (Å²) in [5.41, 5.74) is 1.02. The number of anilines is 2. The van der Waals surface area contributed by atoms with E-state index in [2.05, 4.69) is 20.9 Å². The molecule has 1 aromatic heterocycles. The number of hydrogen-bond donors (Lipinski definition) is 0. The number of rotatable bonds is 5. The lowest BCUT2D eigenvalue weighted by Gasteiger charge is -2.18. The standard InChI is InChI=1S/C19H14BrFN2O3S/c1-12(24)23(17-5-3-2-4-16(17)21)19-22-15(11-27-19)10-26-18(25)13-6-8-14(20)9-7-13/h2-9,11H,10H2,1H3. The number of hydrogen-bond acceptors (Lipinski definition) is 5. The summed E-state index contributed by atoms with van der Waals surface area (Å²) >= 11 is 4.47. The Morgan fingerprint density at radius 3 is 2.56 bits per heavy atom. The Bertz CT molecular complexity index is 975. The maximum atomic E-state index is 14.1. The molecule has 0 radical (unpaired) electrons. The van der Waals surface area contributed by atoms with Crippen LogP contribution in [-0.4, -0.2) is 16.9 Å². The van der Waals surface area contributed by atoms with Gasteiger partial charge in [-0.2, -0.15) is 0 Å². The average molecular weight is 449 g/mol. The molecule has 138 valence electrons. The first-order valence-electron chi connectivity index (χ1n) is 7.88. The second kappa shape index (κ2) is 8.41. The number of para-hydroxylation sites is 1. The molecule has 0 aliphatic heterocycles. The third kappa shape index (κ3) is 4.58. The Hall–Kier alpha value is -2.58. The van der Waals surface area contributed by atoms with Crippen LogP contribution in [0.15, 0.2) is 58.4 Å². The zero-order valence-electron chi connectivity index (χ0n) is 14.2. The van der Waals surface area contributed by atoms with Gasteiger partial charge in [-0.25, -0.2) is 14.2 Å². The van der Waals surface area contributed by atoms with Gasteiger partial charge in [0.25, 0.3) is 0 Å². The van der Waals surface area contributed by atoms with Crippen molar-refractivity contribution in [1.29, 1.82) is 0 Å². The number of halogens is 2. The van der Waals surface area contributed by atoms with Gasteiger partial charge in [-0.3, -0.25) is 9.69 Å². The van der Waals surface area contributed by atoms with Crippen LogP contribution in [-0.2, 0) is 16.1 Å². The molecular formula is C19H14BrFN2O3S. The lowest BCUT2D eigenvalue weighted by Crippen LogP contribution is -2.23. The Kier molecular flexibility index (Phi) is 5.98. The van der Waals surface area contributed by atoms with E-state index < -0.39 is 11.8 Å². The normalized spacial score (nSPS) is 10.5. The number of nitrogens with zero attached hydrogens (tertiary/aromatic N) is 2. The van der Waals surface area contributed by atoms with Crippen molar-refractivity contribution in [3.63, 3.8) is 0 Å². The van der Waals surface area contributed by atoms with Crippen molar-refractivity contribution in [1.82, 2.24) is 4.98 Å². The monoisotopic (exact) mass is 448 g/mol. The lowest BCUT2D eigenvalue weighted by molar-refractivity contribution is -0.115. The SMILES string of the molecule is CC(=O)N(c1nc(COC(=O)c2ccc(Br)cc2)cs1)c1ccccc1F. The Morgan fingerprint density at radius 1 is 1.19 bits per heavy atom. The number of carbonyl (C=O) groups excluding carboxylic acids is 2. The number of amides is 1. The summed E-state index contributed by atoms with van der Waals surface area (Å²) in [6, 6.07) is 12.8. The third-order valence-corrected chi connectivity index (χ3v) is 4.97. The number of benzene rings is 2. The number of thiazole rings is 1. The summed E-state index contributed by atoms with van der Waals surface area (Å²) < 4.78 is 20.2. The molecule has 1 heterocycles. The van der Waals surface area contributed by atoms with E-state index in [0.29, 0.717) is 16.4 Å². The van der Waals surface area contributed by atoms with Gasteiger partial charge in [0.2, 0.25) is 5.91 Å². The highest BCUT2D eigenvalue weighted by Crippen LogP contribution is 2.30. The van der Waals surface area contributed by atoms with Crippen molar-refractivity contribution in [3.05, 3.63) is 75.5 Å². The predicted molar refractivity (Wildman–Crippen MR) is 105 cm³/mol. The molecular weight excluding hydrogens is 435 g/mol. The van der Waals surface area contributed by atoms with Gasteiger partial charge in [0.1, 0.15) is 12.4 Å². The summed E-state index contributed by atoms with van der Waals surface area (Å²) in [5, 5.41) is 1.98. The molecule has 5 nitrogen and oxygen atoms in total. The quantitative estimate of drug-likeness (QED) is 0.510. The van der Waals surface area contributed by atoms with E-state index in [4.69, 9.17) is 4.74 Å². The highest BCUT2D eigenvalue weighted by Gasteiger charge is 2.21. The Labute approximate surface area is 167 Å². The Morgan fingerprint density at radius 2 is 1.89 bits per heavy atom. The minimum Gasteiger partial charge on any atom is -0.456 e. The van der Waals surface area contributed by atoms with Crippen molar-refractivity contribution in [2.24, 2.45) is 0 Å². The molecule has 0 atom stereocenters. The topological polar surface area (TPSA) is 59.5 Å². The van der Waals surface area contributed by atoms with Gasteiger partial charge in [-0.05, 0) is 36.4 Å². The Balaban J connectivity index is 1.73. The van der Waals surface area contributed by atoms with Gasteiger partial charge in [0.05, 0.1) is 16.9 Å². The van der Waals surface area contributed by atoms with E-state index in [9.17, 15) is 14.0 Å². The molecule has 0 aliphatic carbocycles. The van der Waals surface area contributed by atoms with Crippen LogP contribution in [0.3, 0.4) is 0 Å². The summed E-state index contributed by atoms with van der Waals surface area (Å²) in [7, 11) is 0.